The molecule has 0 saturated carbocycles. The SMILES string of the molecule is C[N+]1(CCCCN2CCC(c3noc4cc(F)ccc34)CC2)C=Cc2ccc(S(N)(=O)=O)cc21. The van der Waals surface area contributed by atoms with E-state index in [9.17, 15) is 12.8 Å². The summed E-state index contributed by atoms with van der Waals surface area (Å²) in [4.78, 5) is 2.65. The molecular formula is C25H30FN4O3S+. The molecule has 3 aromatic rings. The summed E-state index contributed by atoms with van der Waals surface area (Å²) in [5.41, 5.74) is 3.49. The van der Waals surface area contributed by atoms with Crippen molar-refractivity contribution >= 4 is 32.8 Å². The number of benzene rings is 2. The summed E-state index contributed by atoms with van der Waals surface area (Å²) in [5, 5.41) is 10.5. The minimum absolute atomic E-state index is 0.159. The molecule has 34 heavy (non-hydrogen) atoms. The first kappa shape index (κ1) is 23.2. The Hall–Kier alpha value is -2.59. The second-order valence-electron chi connectivity index (χ2n) is 9.60. The normalized spacial score (nSPS) is 21.4. The molecule has 7 nitrogen and oxygen atoms in total. The van der Waals surface area contributed by atoms with Crippen LogP contribution in [0.5, 0.6) is 0 Å². The minimum atomic E-state index is -3.72. The summed E-state index contributed by atoms with van der Waals surface area (Å²) in [7, 11) is -1.61. The van der Waals surface area contributed by atoms with Crippen molar-refractivity contribution < 1.29 is 17.3 Å². The third-order valence-electron chi connectivity index (χ3n) is 7.25. The number of aromatic nitrogens is 1. The molecule has 1 fully saturated rings. The van der Waals surface area contributed by atoms with E-state index < -0.39 is 10.0 Å². The van der Waals surface area contributed by atoms with Gasteiger partial charge in [0.05, 0.1) is 24.2 Å². The first-order valence-electron chi connectivity index (χ1n) is 11.7. The Morgan fingerprint density at radius 1 is 1.18 bits per heavy atom. The van der Waals surface area contributed by atoms with Gasteiger partial charge in [-0.25, -0.2) is 17.9 Å². The van der Waals surface area contributed by atoms with Crippen molar-refractivity contribution in [1.29, 1.82) is 0 Å². The van der Waals surface area contributed by atoms with Gasteiger partial charge in [0.25, 0.3) is 0 Å². The zero-order valence-electron chi connectivity index (χ0n) is 19.3. The number of sulfonamides is 1. The van der Waals surface area contributed by atoms with Crippen LogP contribution in [0.25, 0.3) is 17.0 Å². The summed E-state index contributed by atoms with van der Waals surface area (Å²) >= 11 is 0. The van der Waals surface area contributed by atoms with Crippen LogP contribution in [0.4, 0.5) is 10.1 Å². The van der Waals surface area contributed by atoms with Crippen molar-refractivity contribution in [2.24, 2.45) is 5.14 Å². The smallest absolute Gasteiger partial charge is 0.238 e. The molecule has 5 rings (SSSR count). The second-order valence-corrected chi connectivity index (χ2v) is 11.2. The number of primary sulfonamides is 1. The van der Waals surface area contributed by atoms with Crippen LogP contribution in [0.15, 0.2) is 52.0 Å². The van der Waals surface area contributed by atoms with Crippen LogP contribution in [0.3, 0.4) is 0 Å². The van der Waals surface area contributed by atoms with E-state index in [0.29, 0.717) is 16.0 Å². The quantitative estimate of drug-likeness (QED) is 0.400. The number of hydrogen-bond acceptors (Lipinski definition) is 5. The predicted octanol–water partition coefficient (Wildman–Crippen LogP) is 4.20. The standard InChI is InChI=1S/C25H30FN4O3S/c1-30(15-10-18-4-6-21(17-23(18)30)34(27,31)32)14-3-2-11-29-12-8-19(9-13-29)25-22-7-5-20(26)16-24(22)33-28-25/h4-7,10,15-17,19H,2-3,8-9,11-14H2,1H3,(H2,27,31,32)/q+1. The third kappa shape index (κ3) is 4.53. The van der Waals surface area contributed by atoms with Crippen LogP contribution in [-0.2, 0) is 10.0 Å². The minimum Gasteiger partial charge on any atom is -0.356 e. The number of likely N-dealkylation sites (tertiary alicyclic amines) is 1. The summed E-state index contributed by atoms with van der Waals surface area (Å²) in [6, 6.07) is 9.73. The van der Waals surface area contributed by atoms with Gasteiger partial charge in [0.2, 0.25) is 10.0 Å². The Labute approximate surface area is 199 Å². The Balaban J connectivity index is 1.12. The van der Waals surface area contributed by atoms with E-state index in [4.69, 9.17) is 9.66 Å². The first-order chi connectivity index (χ1) is 16.2. The molecule has 2 aromatic carbocycles. The van der Waals surface area contributed by atoms with Gasteiger partial charge in [-0.05, 0) is 69.6 Å². The van der Waals surface area contributed by atoms with Gasteiger partial charge in [-0.15, -0.1) is 0 Å². The maximum atomic E-state index is 13.4. The number of quaternary nitrogens is 1. The molecule has 9 heteroatoms. The van der Waals surface area contributed by atoms with Gasteiger partial charge < -0.3 is 9.42 Å². The fourth-order valence-corrected chi connectivity index (χ4v) is 5.77. The summed E-state index contributed by atoms with van der Waals surface area (Å²) in [6.07, 6.45) is 8.30. The van der Waals surface area contributed by atoms with Gasteiger partial charge in [-0.2, -0.15) is 0 Å². The number of halogens is 1. The predicted molar refractivity (Wildman–Crippen MR) is 131 cm³/mol. The van der Waals surface area contributed by atoms with E-state index in [-0.39, 0.29) is 10.7 Å². The van der Waals surface area contributed by atoms with Crippen molar-refractivity contribution in [1.82, 2.24) is 14.5 Å². The molecule has 1 unspecified atom stereocenters. The molecule has 2 N–H and O–H groups in total. The number of nitrogens with zero attached hydrogens (tertiary/aromatic N) is 3. The zero-order chi connectivity index (χ0) is 23.9. The lowest BCUT2D eigenvalue weighted by molar-refractivity contribution is 0.204. The molecule has 0 bridgehead atoms. The fraction of sp³-hybridized carbons (Fsp3) is 0.400. The van der Waals surface area contributed by atoms with E-state index >= 15 is 0 Å². The molecule has 3 heterocycles. The first-order valence-corrected chi connectivity index (χ1v) is 13.3. The van der Waals surface area contributed by atoms with Gasteiger partial charge in [-0.1, -0.05) is 5.16 Å². The number of unbranched alkanes of at least 4 members (excludes halogenated alkanes) is 1. The molecule has 0 amide bonds. The van der Waals surface area contributed by atoms with Crippen molar-refractivity contribution in [3.05, 3.63) is 59.7 Å². The van der Waals surface area contributed by atoms with Gasteiger partial charge in [0.1, 0.15) is 17.7 Å². The molecular weight excluding hydrogens is 455 g/mol. The molecule has 1 atom stereocenters. The lowest BCUT2D eigenvalue weighted by Crippen LogP contribution is -2.39. The summed E-state index contributed by atoms with van der Waals surface area (Å²) in [6.45, 7) is 3.94. The van der Waals surface area contributed by atoms with Gasteiger partial charge >= 0.3 is 0 Å². The average molecular weight is 486 g/mol. The van der Waals surface area contributed by atoms with Crippen molar-refractivity contribution in [3.8, 4) is 0 Å². The van der Waals surface area contributed by atoms with Crippen LogP contribution < -0.4 is 9.62 Å². The molecule has 180 valence electrons. The van der Waals surface area contributed by atoms with E-state index in [1.807, 2.05) is 6.07 Å². The molecule has 0 radical (unpaired) electrons. The van der Waals surface area contributed by atoms with Crippen LogP contribution in [0.2, 0.25) is 0 Å². The Morgan fingerprint density at radius 3 is 2.74 bits per heavy atom. The fourth-order valence-electron chi connectivity index (χ4n) is 5.23. The topological polar surface area (TPSA) is 89.4 Å². The van der Waals surface area contributed by atoms with Gasteiger partial charge in [0.15, 0.2) is 5.58 Å². The van der Waals surface area contributed by atoms with Crippen LogP contribution in [0.1, 0.15) is 42.9 Å². The number of fused-ring (bicyclic) bond motifs is 2. The largest absolute Gasteiger partial charge is 0.356 e. The number of rotatable bonds is 7. The Bertz CT molecular complexity index is 1350. The molecule has 0 spiro atoms. The Morgan fingerprint density at radius 2 is 1.97 bits per heavy atom. The van der Waals surface area contributed by atoms with Crippen molar-refractivity contribution in [2.45, 2.75) is 36.5 Å². The highest BCUT2D eigenvalue weighted by atomic mass is 32.2. The molecule has 2 aliphatic heterocycles. The van der Waals surface area contributed by atoms with E-state index in [1.54, 1.807) is 18.2 Å². The van der Waals surface area contributed by atoms with Crippen LogP contribution in [-0.4, -0.2) is 51.7 Å². The van der Waals surface area contributed by atoms with Gasteiger partial charge in [0, 0.05) is 35.1 Å². The van der Waals surface area contributed by atoms with Crippen molar-refractivity contribution in [2.75, 3.05) is 33.2 Å². The summed E-state index contributed by atoms with van der Waals surface area (Å²) < 4.78 is 42.9. The highest BCUT2D eigenvalue weighted by molar-refractivity contribution is 7.89. The highest BCUT2D eigenvalue weighted by Gasteiger charge is 2.31. The third-order valence-corrected chi connectivity index (χ3v) is 8.16. The number of piperidine rings is 1. The second kappa shape index (κ2) is 8.88. The average Bonchev–Trinajstić information content (AvgIpc) is 3.37. The van der Waals surface area contributed by atoms with Crippen molar-refractivity contribution in [3.63, 3.8) is 0 Å². The zero-order valence-corrected chi connectivity index (χ0v) is 20.1. The maximum absolute atomic E-state index is 13.4. The lowest BCUT2D eigenvalue weighted by atomic mass is 9.91. The molecule has 2 aliphatic rings. The monoisotopic (exact) mass is 485 g/mol. The molecule has 1 saturated heterocycles. The van der Waals surface area contributed by atoms with E-state index in [2.05, 4.69) is 29.4 Å². The number of nitrogens with two attached hydrogens (primary N) is 1. The Kier molecular flexibility index (Phi) is 6.05. The molecule has 0 aliphatic carbocycles. The van der Waals surface area contributed by atoms with Gasteiger partial charge in [-0.3, -0.25) is 4.48 Å². The van der Waals surface area contributed by atoms with Crippen LogP contribution >= 0.6 is 0 Å². The summed E-state index contributed by atoms with van der Waals surface area (Å²) in [5.74, 6) is 0.0330. The highest BCUT2D eigenvalue weighted by Crippen LogP contribution is 2.36. The lowest BCUT2D eigenvalue weighted by Gasteiger charge is -2.32. The van der Waals surface area contributed by atoms with E-state index in [1.165, 1.54) is 12.1 Å². The van der Waals surface area contributed by atoms with Crippen LogP contribution in [0, 0.1) is 5.82 Å². The molecule has 1 aromatic heterocycles. The van der Waals surface area contributed by atoms with E-state index in [0.717, 1.165) is 74.2 Å². The maximum Gasteiger partial charge on any atom is 0.238 e. The number of hydrogen-bond donors (Lipinski definition) is 1.